The second-order valence-electron chi connectivity index (χ2n) is 3.95. The zero-order valence-corrected chi connectivity index (χ0v) is 10.4. The Kier molecular flexibility index (Phi) is 2.65. The van der Waals surface area contributed by atoms with Crippen LogP contribution in [0, 0.1) is 0 Å². The van der Waals surface area contributed by atoms with Gasteiger partial charge in [0.2, 0.25) is 0 Å². The zero-order chi connectivity index (χ0) is 11.7. The number of aromatic nitrogens is 1. The summed E-state index contributed by atoms with van der Waals surface area (Å²) in [5, 5.41) is 2.62. The van der Waals surface area contributed by atoms with Crippen molar-refractivity contribution in [3.8, 4) is 11.3 Å². The smallest absolute Gasteiger partial charge is 0.0465 e. The van der Waals surface area contributed by atoms with Gasteiger partial charge in [-0.1, -0.05) is 36.4 Å². The first-order valence-corrected chi connectivity index (χ1v) is 6.82. The average molecular weight is 239 g/mol. The molecule has 0 amide bonds. The molecule has 0 saturated heterocycles. The fourth-order valence-electron chi connectivity index (χ4n) is 2.17. The molecule has 0 atom stereocenters. The van der Waals surface area contributed by atoms with E-state index in [2.05, 4.69) is 53.7 Å². The molecule has 0 unspecified atom stereocenters. The van der Waals surface area contributed by atoms with E-state index >= 15 is 0 Å². The summed E-state index contributed by atoms with van der Waals surface area (Å²) in [7, 11) is 0. The van der Waals surface area contributed by atoms with Crippen LogP contribution in [0.25, 0.3) is 22.0 Å². The SMILES string of the molecule is CSc1c(-c2ccc[nH]2)ccc2ccccc12. The topological polar surface area (TPSA) is 15.8 Å². The maximum atomic E-state index is 3.28. The maximum Gasteiger partial charge on any atom is 0.0465 e. The monoisotopic (exact) mass is 239 g/mol. The number of hydrogen-bond donors (Lipinski definition) is 1. The van der Waals surface area contributed by atoms with E-state index in [0.29, 0.717) is 0 Å². The lowest BCUT2D eigenvalue weighted by atomic mass is 10.1. The van der Waals surface area contributed by atoms with E-state index in [-0.39, 0.29) is 0 Å². The van der Waals surface area contributed by atoms with Crippen LogP contribution in [0.5, 0.6) is 0 Å². The van der Waals surface area contributed by atoms with Gasteiger partial charge < -0.3 is 4.98 Å². The van der Waals surface area contributed by atoms with E-state index in [9.17, 15) is 0 Å². The molecule has 0 fully saturated rings. The number of thioether (sulfide) groups is 1. The zero-order valence-electron chi connectivity index (χ0n) is 9.60. The second-order valence-corrected chi connectivity index (χ2v) is 4.77. The van der Waals surface area contributed by atoms with Gasteiger partial charge in [0.05, 0.1) is 0 Å². The largest absolute Gasteiger partial charge is 0.361 e. The van der Waals surface area contributed by atoms with Gasteiger partial charge in [0.15, 0.2) is 0 Å². The van der Waals surface area contributed by atoms with Crippen molar-refractivity contribution in [1.82, 2.24) is 4.98 Å². The Morgan fingerprint density at radius 1 is 0.941 bits per heavy atom. The molecule has 17 heavy (non-hydrogen) atoms. The number of rotatable bonds is 2. The minimum Gasteiger partial charge on any atom is -0.361 e. The summed E-state index contributed by atoms with van der Waals surface area (Å²) in [6.45, 7) is 0. The molecule has 3 aromatic rings. The number of nitrogens with one attached hydrogen (secondary N) is 1. The normalized spacial score (nSPS) is 10.9. The van der Waals surface area contributed by atoms with E-state index in [1.54, 1.807) is 11.8 Å². The van der Waals surface area contributed by atoms with Gasteiger partial charge in [-0.3, -0.25) is 0 Å². The highest BCUT2D eigenvalue weighted by molar-refractivity contribution is 7.99. The van der Waals surface area contributed by atoms with Gasteiger partial charge in [-0.05, 0) is 29.2 Å². The quantitative estimate of drug-likeness (QED) is 0.648. The van der Waals surface area contributed by atoms with Crippen LogP contribution in [0.15, 0.2) is 59.6 Å². The third kappa shape index (κ3) is 1.75. The van der Waals surface area contributed by atoms with Crippen LogP contribution in [0.4, 0.5) is 0 Å². The van der Waals surface area contributed by atoms with Crippen LogP contribution in [0.2, 0.25) is 0 Å². The molecule has 1 N–H and O–H groups in total. The summed E-state index contributed by atoms with van der Waals surface area (Å²) in [6, 6.07) is 17.1. The highest BCUT2D eigenvalue weighted by Gasteiger charge is 2.08. The lowest BCUT2D eigenvalue weighted by Gasteiger charge is -2.09. The lowest BCUT2D eigenvalue weighted by Crippen LogP contribution is -1.84. The van der Waals surface area contributed by atoms with Gasteiger partial charge in [-0.15, -0.1) is 11.8 Å². The van der Waals surface area contributed by atoms with E-state index in [4.69, 9.17) is 0 Å². The van der Waals surface area contributed by atoms with Crippen molar-refractivity contribution < 1.29 is 0 Å². The van der Waals surface area contributed by atoms with E-state index in [0.717, 1.165) is 0 Å². The van der Waals surface area contributed by atoms with E-state index in [1.807, 2.05) is 12.3 Å². The van der Waals surface area contributed by atoms with Crippen LogP contribution in [0.3, 0.4) is 0 Å². The molecule has 0 bridgehead atoms. The first-order chi connectivity index (χ1) is 8.40. The summed E-state index contributed by atoms with van der Waals surface area (Å²) in [6.07, 6.45) is 4.10. The van der Waals surface area contributed by atoms with Crippen LogP contribution >= 0.6 is 11.8 Å². The van der Waals surface area contributed by atoms with Gasteiger partial charge in [-0.2, -0.15) is 0 Å². The van der Waals surface area contributed by atoms with Gasteiger partial charge in [0.25, 0.3) is 0 Å². The predicted octanol–water partition coefficient (Wildman–Crippen LogP) is 4.56. The van der Waals surface area contributed by atoms with Crippen molar-refractivity contribution >= 4 is 22.5 Å². The first-order valence-electron chi connectivity index (χ1n) is 5.59. The molecule has 1 nitrogen and oxygen atoms in total. The Labute approximate surface area is 105 Å². The fourth-order valence-corrected chi connectivity index (χ4v) is 2.98. The third-order valence-corrected chi connectivity index (χ3v) is 3.82. The van der Waals surface area contributed by atoms with Crippen molar-refractivity contribution in [1.29, 1.82) is 0 Å². The Morgan fingerprint density at radius 3 is 2.59 bits per heavy atom. The van der Waals surface area contributed by atoms with Crippen molar-refractivity contribution in [3.05, 3.63) is 54.7 Å². The number of aromatic amines is 1. The third-order valence-electron chi connectivity index (χ3n) is 2.97. The van der Waals surface area contributed by atoms with Crippen LogP contribution < -0.4 is 0 Å². The molecule has 0 aliphatic rings. The molecule has 0 aliphatic carbocycles. The molecule has 0 saturated carbocycles. The van der Waals surface area contributed by atoms with Crippen molar-refractivity contribution in [3.63, 3.8) is 0 Å². The minimum absolute atomic E-state index is 1.18. The fraction of sp³-hybridized carbons (Fsp3) is 0.0667. The van der Waals surface area contributed by atoms with E-state index < -0.39 is 0 Å². The first kappa shape index (κ1) is 10.5. The Morgan fingerprint density at radius 2 is 1.82 bits per heavy atom. The highest BCUT2D eigenvalue weighted by atomic mass is 32.2. The number of fused-ring (bicyclic) bond motifs is 1. The van der Waals surface area contributed by atoms with Crippen LogP contribution in [0.1, 0.15) is 0 Å². The summed E-state index contributed by atoms with van der Waals surface area (Å²) >= 11 is 1.80. The predicted molar refractivity (Wildman–Crippen MR) is 75.5 cm³/mol. The highest BCUT2D eigenvalue weighted by Crippen LogP contribution is 2.35. The molecule has 1 heterocycles. The average Bonchev–Trinajstić information content (AvgIpc) is 2.91. The molecule has 2 heteroatoms. The maximum absolute atomic E-state index is 3.28. The standard InChI is InChI=1S/C15H13NS/c1-17-15-12-6-3-2-5-11(12)8-9-13(15)14-7-4-10-16-14/h2-10,16H,1H3. The number of hydrogen-bond acceptors (Lipinski definition) is 1. The van der Waals surface area contributed by atoms with Gasteiger partial charge >= 0.3 is 0 Å². The summed E-state index contributed by atoms with van der Waals surface area (Å²) in [5.41, 5.74) is 2.46. The van der Waals surface area contributed by atoms with E-state index in [1.165, 1.54) is 26.9 Å². The Balaban J connectivity index is 2.33. The van der Waals surface area contributed by atoms with Crippen molar-refractivity contribution in [2.45, 2.75) is 4.90 Å². The van der Waals surface area contributed by atoms with Gasteiger partial charge in [0, 0.05) is 22.3 Å². The molecule has 0 radical (unpaired) electrons. The second kappa shape index (κ2) is 4.30. The molecule has 0 aliphatic heterocycles. The molecule has 0 spiro atoms. The Bertz CT molecular complexity index is 641. The van der Waals surface area contributed by atoms with Gasteiger partial charge in [-0.25, -0.2) is 0 Å². The van der Waals surface area contributed by atoms with Crippen molar-refractivity contribution in [2.24, 2.45) is 0 Å². The number of H-pyrrole nitrogens is 1. The summed E-state index contributed by atoms with van der Waals surface area (Å²) < 4.78 is 0. The number of benzene rings is 2. The summed E-state index contributed by atoms with van der Waals surface area (Å²) in [5.74, 6) is 0. The summed E-state index contributed by atoms with van der Waals surface area (Å²) in [4.78, 5) is 4.62. The molecule has 1 aromatic heterocycles. The Hall–Kier alpha value is -1.67. The lowest BCUT2D eigenvalue weighted by molar-refractivity contribution is 1.37. The molecule has 3 rings (SSSR count). The van der Waals surface area contributed by atoms with Crippen molar-refractivity contribution in [2.75, 3.05) is 6.26 Å². The van der Waals surface area contributed by atoms with Crippen LogP contribution in [-0.4, -0.2) is 11.2 Å². The molecule has 2 aromatic carbocycles. The molecular formula is C15H13NS. The molecular weight excluding hydrogens is 226 g/mol. The van der Waals surface area contributed by atoms with Crippen LogP contribution in [-0.2, 0) is 0 Å². The van der Waals surface area contributed by atoms with Gasteiger partial charge in [0.1, 0.15) is 0 Å². The minimum atomic E-state index is 1.18. The molecule has 84 valence electrons.